The molecule has 0 saturated heterocycles. The molecule has 0 aliphatic rings. The highest BCUT2D eigenvalue weighted by Crippen LogP contribution is 2.26. The van der Waals surface area contributed by atoms with Crippen LogP contribution in [0, 0.1) is 0 Å². The molecular weight excluding hydrogens is 346 g/mol. The van der Waals surface area contributed by atoms with Crippen LogP contribution in [0.3, 0.4) is 0 Å². The minimum Gasteiger partial charge on any atom is -0.467 e. The van der Waals surface area contributed by atoms with E-state index in [1.165, 1.54) is 11.8 Å². The van der Waals surface area contributed by atoms with Crippen LogP contribution in [-0.4, -0.2) is 40.7 Å². The van der Waals surface area contributed by atoms with E-state index in [2.05, 4.69) is 5.10 Å². The summed E-state index contributed by atoms with van der Waals surface area (Å²) in [5.41, 5.74) is 2.17. The number of nitrogens with zero attached hydrogens (tertiary/aromatic N) is 3. The smallest absolute Gasteiger partial charge is 0.356 e. The van der Waals surface area contributed by atoms with Crippen molar-refractivity contribution in [1.82, 2.24) is 14.7 Å². The van der Waals surface area contributed by atoms with E-state index >= 15 is 0 Å². The summed E-state index contributed by atoms with van der Waals surface area (Å²) < 4.78 is 11.7. The average Bonchev–Trinajstić information content (AvgIpc) is 3.35. The van der Waals surface area contributed by atoms with Crippen molar-refractivity contribution < 1.29 is 18.7 Å². The molecule has 1 aromatic carbocycles. The largest absolute Gasteiger partial charge is 0.467 e. The van der Waals surface area contributed by atoms with Crippen molar-refractivity contribution in [3.05, 3.63) is 65.9 Å². The third kappa shape index (κ3) is 3.48. The monoisotopic (exact) mass is 367 g/mol. The molecule has 27 heavy (non-hydrogen) atoms. The SMILES string of the molecule is COC(=O)c1c(-c2cccc(C(=O)N(C)[C@@H](C)c3ccco3)c2)cnn1C. The molecule has 3 rings (SSSR count). The Balaban J connectivity index is 1.92. The summed E-state index contributed by atoms with van der Waals surface area (Å²) in [6.07, 6.45) is 3.17. The molecule has 2 heterocycles. The number of hydrogen-bond donors (Lipinski definition) is 0. The molecule has 0 fully saturated rings. The van der Waals surface area contributed by atoms with E-state index in [9.17, 15) is 9.59 Å². The molecule has 0 aliphatic heterocycles. The lowest BCUT2D eigenvalue weighted by atomic mass is 10.0. The molecule has 7 heteroatoms. The van der Waals surface area contributed by atoms with Crippen LogP contribution in [-0.2, 0) is 11.8 Å². The Labute approximate surface area is 157 Å². The van der Waals surface area contributed by atoms with Gasteiger partial charge in [-0.1, -0.05) is 12.1 Å². The summed E-state index contributed by atoms with van der Waals surface area (Å²) in [5, 5.41) is 4.14. The number of carbonyl (C=O) groups is 2. The van der Waals surface area contributed by atoms with Gasteiger partial charge in [0, 0.05) is 25.2 Å². The molecule has 7 nitrogen and oxygen atoms in total. The first-order valence-electron chi connectivity index (χ1n) is 8.45. The quantitative estimate of drug-likeness (QED) is 0.647. The molecule has 0 unspecified atom stereocenters. The highest BCUT2D eigenvalue weighted by atomic mass is 16.5. The molecule has 0 bridgehead atoms. The molecule has 0 radical (unpaired) electrons. The van der Waals surface area contributed by atoms with Crippen molar-refractivity contribution in [2.24, 2.45) is 7.05 Å². The van der Waals surface area contributed by atoms with Crippen LogP contribution in [0.15, 0.2) is 53.3 Å². The van der Waals surface area contributed by atoms with E-state index in [4.69, 9.17) is 9.15 Å². The normalized spacial score (nSPS) is 11.9. The minimum absolute atomic E-state index is 0.149. The van der Waals surface area contributed by atoms with E-state index in [-0.39, 0.29) is 11.9 Å². The van der Waals surface area contributed by atoms with Crippen LogP contribution >= 0.6 is 0 Å². The first-order valence-corrected chi connectivity index (χ1v) is 8.45. The second-order valence-electron chi connectivity index (χ2n) is 6.21. The number of aryl methyl sites for hydroxylation is 1. The Bertz CT molecular complexity index is 960. The topological polar surface area (TPSA) is 77.6 Å². The highest BCUT2D eigenvalue weighted by molar-refractivity contribution is 5.98. The Hall–Kier alpha value is -3.35. The third-order valence-corrected chi connectivity index (χ3v) is 4.59. The van der Waals surface area contributed by atoms with Crippen molar-refractivity contribution in [3.8, 4) is 11.1 Å². The summed E-state index contributed by atoms with van der Waals surface area (Å²) in [7, 11) is 4.72. The van der Waals surface area contributed by atoms with E-state index in [1.807, 2.05) is 19.1 Å². The van der Waals surface area contributed by atoms with Crippen molar-refractivity contribution in [2.75, 3.05) is 14.2 Å². The van der Waals surface area contributed by atoms with Gasteiger partial charge in [0.1, 0.15) is 5.76 Å². The summed E-state index contributed by atoms with van der Waals surface area (Å²) in [5.74, 6) is 0.0804. The molecule has 3 aromatic rings. The second kappa shape index (κ2) is 7.49. The van der Waals surface area contributed by atoms with Crippen LogP contribution in [0.1, 0.15) is 39.6 Å². The molecule has 0 aliphatic carbocycles. The van der Waals surface area contributed by atoms with E-state index in [0.29, 0.717) is 28.1 Å². The summed E-state index contributed by atoms with van der Waals surface area (Å²) in [4.78, 5) is 26.6. The lowest BCUT2D eigenvalue weighted by Crippen LogP contribution is -2.29. The first kappa shape index (κ1) is 18.4. The van der Waals surface area contributed by atoms with Gasteiger partial charge in [0.15, 0.2) is 5.69 Å². The highest BCUT2D eigenvalue weighted by Gasteiger charge is 2.23. The van der Waals surface area contributed by atoms with Crippen LogP contribution in [0.5, 0.6) is 0 Å². The number of esters is 1. The molecule has 0 saturated carbocycles. The van der Waals surface area contributed by atoms with E-state index in [1.54, 1.807) is 55.7 Å². The lowest BCUT2D eigenvalue weighted by molar-refractivity contribution is 0.0589. The first-order chi connectivity index (χ1) is 12.9. The lowest BCUT2D eigenvalue weighted by Gasteiger charge is -2.23. The molecular formula is C20H21N3O4. The molecule has 140 valence electrons. The van der Waals surface area contributed by atoms with Gasteiger partial charge in [-0.3, -0.25) is 9.48 Å². The number of rotatable bonds is 5. The predicted molar refractivity (Wildman–Crippen MR) is 99.2 cm³/mol. The second-order valence-corrected chi connectivity index (χ2v) is 6.21. The number of furan rings is 1. The maximum atomic E-state index is 12.9. The van der Waals surface area contributed by atoms with Crippen molar-refractivity contribution in [2.45, 2.75) is 13.0 Å². The molecule has 2 aromatic heterocycles. The zero-order valence-electron chi connectivity index (χ0n) is 15.7. The summed E-state index contributed by atoms with van der Waals surface area (Å²) >= 11 is 0. The summed E-state index contributed by atoms with van der Waals surface area (Å²) in [6, 6.07) is 10.5. The van der Waals surface area contributed by atoms with Gasteiger partial charge >= 0.3 is 5.97 Å². The average molecular weight is 367 g/mol. The van der Waals surface area contributed by atoms with Crippen LogP contribution in [0.2, 0.25) is 0 Å². The molecule has 0 N–H and O–H groups in total. The van der Waals surface area contributed by atoms with Gasteiger partial charge in [0.25, 0.3) is 5.91 Å². The van der Waals surface area contributed by atoms with Crippen LogP contribution < -0.4 is 0 Å². The number of methoxy groups -OCH3 is 1. The van der Waals surface area contributed by atoms with Gasteiger partial charge in [-0.05, 0) is 36.8 Å². The van der Waals surface area contributed by atoms with Gasteiger partial charge in [-0.2, -0.15) is 5.10 Å². The Morgan fingerprint density at radius 3 is 2.70 bits per heavy atom. The van der Waals surface area contributed by atoms with Gasteiger partial charge < -0.3 is 14.1 Å². The number of amides is 1. The van der Waals surface area contributed by atoms with E-state index < -0.39 is 5.97 Å². The number of hydrogen-bond acceptors (Lipinski definition) is 5. The number of ether oxygens (including phenoxy) is 1. The molecule has 0 spiro atoms. The predicted octanol–water partition coefficient (Wildman–Crippen LogP) is 3.30. The fourth-order valence-electron chi connectivity index (χ4n) is 2.91. The van der Waals surface area contributed by atoms with Crippen molar-refractivity contribution in [1.29, 1.82) is 0 Å². The fourth-order valence-corrected chi connectivity index (χ4v) is 2.91. The van der Waals surface area contributed by atoms with Gasteiger partial charge in [0.2, 0.25) is 0 Å². The maximum absolute atomic E-state index is 12.9. The van der Waals surface area contributed by atoms with E-state index in [0.717, 1.165) is 0 Å². The maximum Gasteiger partial charge on any atom is 0.356 e. The van der Waals surface area contributed by atoms with Gasteiger partial charge in [-0.15, -0.1) is 0 Å². The number of carbonyl (C=O) groups excluding carboxylic acids is 2. The van der Waals surface area contributed by atoms with Crippen LogP contribution in [0.25, 0.3) is 11.1 Å². The van der Waals surface area contributed by atoms with Crippen molar-refractivity contribution >= 4 is 11.9 Å². The number of aromatic nitrogens is 2. The Kier molecular flexibility index (Phi) is 5.12. The fraction of sp³-hybridized carbons (Fsp3) is 0.250. The minimum atomic E-state index is -0.481. The molecule has 1 atom stereocenters. The zero-order chi connectivity index (χ0) is 19.6. The zero-order valence-corrected chi connectivity index (χ0v) is 15.7. The van der Waals surface area contributed by atoms with Gasteiger partial charge in [0.05, 0.1) is 25.6 Å². The third-order valence-electron chi connectivity index (χ3n) is 4.59. The standard InChI is InChI=1S/C20H21N3O4/c1-13(17-9-6-10-27-17)22(2)19(24)15-8-5-7-14(11-15)16-12-21-23(3)18(16)20(25)26-4/h5-13H,1-4H3/t13-/m0/s1. The van der Waals surface area contributed by atoms with Crippen molar-refractivity contribution in [3.63, 3.8) is 0 Å². The van der Waals surface area contributed by atoms with Gasteiger partial charge in [-0.25, -0.2) is 4.79 Å². The molecule has 1 amide bonds. The van der Waals surface area contributed by atoms with Crippen LogP contribution in [0.4, 0.5) is 0 Å². The Morgan fingerprint density at radius 2 is 2.04 bits per heavy atom. The summed E-state index contributed by atoms with van der Waals surface area (Å²) in [6.45, 7) is 1.90. The number of benzene rings is 1. The Morgan fingerprint density at radius 1 is 1.26 bits per heavy atom.